The highest BCUT2D eigenvalue weighted by Crippen LogP contribution is 2.28. The minimum absolute atomic E-state index is 0.126. The molecule has 1 N–H and O–H groups in total. The Balaban J connectivity index is 2.45. The molecule has 0 aliphatic heterocycles. The smallest absolute Gasteiger partial charge is 0.202 e. The molecule has 1 aromatic carbocycles. The number of benzene rings is 1. The first-order valence-electron chi connectivity index (χ1n) is 4.75. The van der Waals surface area contributed by atoms with Crippen LogP contribution in [0.1, 0.15) is 20.8 Å². The molecule has 0 fully saturated rings. The molecule has 0 atom stereocenters. The highest BCUT2D eigenvalue weighted by atomic mass is 79.9. The van der Waals surface area contributed by atoms with Crippen LogP contribution in [0, 0.1) is 0 Å². The van der Waals surface area contributed by atoms with Gasteiger partial charge in [0.2, 0.25) is 5.78 Å². The predicted molar refractivity (Wildman–Crippen MR) is 63.8 cm³/mol. The molecule has 1 aliphatic rings. The summed E-state index contributed by atoms with van der Waals surface area (Å²) in [5.41, 5.74) is 1.67. The number of allylic oxidation sites excluding steroid dienone is 2. The second-order valence-electron chi connectivity index (χ2n) is 3.63. The van der Waals surface area contributed by atoms with Gasteiger partial charge < -0.3 is 4.98 Å². The van der Waals surface area contributed by atoms with Crippen molar-refractivity contribution in [1.82, 2.24) is 4.98 Å². The lowest BCUT2D eigenvalue weighted by molar-refractivity contribution is 0.0993. The van der Waals surface area contributed by atoms with Crippen LogP contribution in [0.5, 0.6) is 0 Å². The van der Waals surface area contributed by atoms with E-state index in [2.05, 4.69) is 20.9 Å². The van der Waals surface area contributed by atoms with Gasteiger partial charge in [-0.05, 0) is 30.4 Å². The lowest BCUT2D eigenvalue weighted by atomic mass is 9.99. The molecule has 2 aromatic rings. The maximum absolute atomic E-state index is 11.7. The van der Waals surface area contributed by atoms with E-state index in [1.54, 1.807) is 0 Å². The highest BCUT2D eigenvalue weighted by Gasteiger charge is 2.24. The zero-order chi connectivity index (χ0) is 11.3. The van der Waals surface area contributed by atoms with E-state index < -0.39 is 0 Å². The van der Waals surface area contributed by atoms with Crippen LogP contribution in [0.25, 0.3) is 10.9 Å². The number of halogens is 1. The number of carbonyl (C=O) groups is 2. The van der Waals surface area contributed by atoms with Gasteiger partial charge in [0, 0.05) is 15.4 Å². The van der Waals surface area contributed by atoms with Crippen LogP contribution < -0.4 is 0 Å². The molecule has 3 nitrogen and oxygen atoms in total. The van der Waals surface area contributed by atoms with Crippen molar-refractivity contribution in [3.8, 4) is 0 Å². The largest absolute Gasteiger partial charge is 0.351 e. The average molecular weight is 276 g/mol. The molecule has 78 valence electrons. The number of nitrogens with one attached hydrogen (secondary N) is 1. The van der Waals surface area contributed by atoms with Crippen LogP contribution in [-0.4, -0.2) is 16.6 Å². The van der Waals surface area contributed by atoms with Gasteiger partial charge in [0.15, 0.2) is 5.78 Å². The van der Waals surface area contributed by atoms with Crippen LogP contribution in [-0.2, 0) is 0 Å². The Bertz CT molecular complexity index is 667. The third-order valence-electron chi connectivity index (χ3n) is 2.64. The van der Waals surface area contributed by atoms with Crippen LogP contribution in [0.2, 0.25) is 0 Å². The zero-order valence-corrected chi connectivity index (χ0v) is 9.67. The van der Waals surface area contributed by atoms with Gasteiger partial charge in [-0.25, -0.2) is 0 Å². The standard InChI is InChI=1S/C12H6BrNO2/c13-6-1-2-8-7(5-6)11-9(15)3-4-10(16)12(11)14-8/h1-5,14H. The van der Waals surface area contributed by atoms with Crippen molar-refractivity contribution in [2.24, 2.45) is 0 Å². The van der Waals surface area contributed by atoms with E-state index in [1.165, 1.54) is 12.2 Å². The van der Waals surface area contributed by atoms with E-state index in [9.17, 15) is 9.59 Å². The summed E-state index contributed by atoms with van der Waals surface area (Å²) in [4.78, 5) is 26.3. The second-order valence-corrected chi connectivity index (χ2v) is 4.54. The van der Waals surface area contributed by atoms with Crippen molar-refractivity contribution in [2.45, 2.75) is 0 Å². The Labute approximate surface area is 99.3 Å². The first-order valence-corrected chi connectivity index (χ1v) is 5.54. The van der Waals surface area contributed by atoms with Crippen LogP contribution >= 0.6 is 15.9 Å². The van der Waals surface area contributed by atoms with Gasteiger partial charge in [-0.15, -0.1) is 0 Å². The summed E-state index contributed by atoms with van der Waals surface area (Å²) in [6, 6.07) is 5.56. The quantitative estimate of drug-likeness (QED) is 0.804. The fraction of sp³-hybridized carbons (Fsp3) is 0. The second kappa shape index (κ2) is 3.15. The van der Waals surface area contributed by atoms with Gasteiger partial charge in [-0.2, -0.15) is 0 Å². The number of ketones is 2. The molecule has 16 heavy (non-hydrogen) atoms. The van der Waals surface area contributed by atoms with Crippen molar-refractivity contribution < 1.29 is 9.59 Å². The fourth-order valence-corrected chi connectivity index (χ4v) is 2.28. The van der Waals surface area contributed by atoms with Crippen molar-refractivity contribution in [3.05, 3.63) is 46.1 Å². The minimum atomic E-state index is -0.151. The molecule has 0 radical (unpaired) electrons. The molecular weight excluding hydrogens is 270 g/mol. The number of hydrogen-bond donors (Lipinski definition) is 1. The molecule has 0 unspecified atom stereocenters. The maximum atomic E-state index is 11.7. The Morgan fingerprint density at radius 2 is 1.81 bits per heavy atom. The highest BCUT2D eigenvalue weighted by molar-refractivity contribution is 9.10. The van der Waals surface area contributed by atoms with Gasteiger partial charge in [0.25, 0.3) is 0 Å². The lowest BCUT2D eigenvalue weighted by Crippen LogP contribution is -2.09. The van der Waals surface area contributed by atoms with Crippen LogP contribution in [0.15, 0.2) is 34.8 Å². The van der Waals surface area contributed by atoms with Crippen molar-refractivity contribution in [1.29, 1.82) is 0 Å². The van der Waals surface area contributed by atoms with Crippen LogP contribution in [0.4, 0.5) is 0 Å². The molecule has 1 heterocycles. The Morgan fingerprint density at radius 1 is 1.06 bits per heavy atom. The molecule has 4 heteroatoms. The van der Waals surface area contributed by atoms with Gasteiger partial charge in [-0.1, -0.05) is 15.9 Å². The summed E-state index contributed by atoms with van der Waals surface area (Å²) in [7, 11) is 0. The van der Waals surface area contributed by atoms with E-state index in [0.717, 1.165) is 15.4 Å². The first kappa shape index (κ1) is 9.54. The summed E-state index contributed by atoms with van der Waals surface area (Å²) in [5.74, 6) is -0.277. The topological polar surface area (TPSA) is 49.9 Å². The summed E-state index contributed by atoms with van der Waals surface area (Å²) >= 11 is 3.35. The Hall–Kier alpha value is -1.68. The molecule has 1 aromatic heterocycles. The molecule has 0 saturated heterocycles. The zero-order valence-electron chi connectivity index (χ0n) is 8.08. The normalized spacial score (nSPS) is 14.6. The number of hydrogen-bond acceptors (Lipinski definition) is 2. The van der Waals surface area contributed by atoms with Crippen molar-refractivity contribution in [2.75, 3.05) is 0 Å². The number of aromatic amines is 1. The van der Waals surface area contributed by atoms with E-state index in [4.69, 9.17) is 0 Å². The number of fused-ring (bicyclic) bond motifs is 3. The van der Waals surface area contributed by atoms with Gasteiger partial charge in [-0.3, -0.25) is 9.59 Å². The van der Waals surface area contributed by atoms with E-state index >= 15 is 0 Å². The van der Waals surface area contributed by atoms with Crippen LogP contribution in [0.3, 0.4) is 0 Å². The SMILES string of the molecule is O=C1C=CC(=O)c2c1[nH]c1ccc(Br)cc21. The van der Waals surface area contributed by atoms with E-state index in [1.807, 2.05) is 18.2 Å². The van der Waals surface area contributed by atoms with Gasteiger partial charge in [0.1, 0.15) is 0 Å². The minimum Gasteiger partial charge on any atom is -0.351 e. The summed E-state index contributed by atoms with van der Waals surface area (Å²) in [6.45, 7) is 0. The van der Waals surface area contributed by atoms with E-state index in [0.29, 0.717) is 11.3 Å². The molecule has 0 bridgehead atoms. The number of rotatable bonds is 0. The predicted octanol–water partition coefficient (Wildman–Crippen LogP) is 2.87. The molecule has 0 saturated carbocycles. The van der Waals surface area contributed by atoms with Gasteiger partial charge in [0.05, 0.1) is 11.3 Å². The van der Waals surface area contributed by atoms with Crippen molar-refractivity contribution in [3.63, 3.8) is 0 Å². The molecule has 3 rings (SSSR count). The first-order chi connectivity index (χ1) is 7.66. The maximum Gasteiger partial charge on any atom is 0.202 e. The molecule has 0 amide bonds. The van der Waals surface area contributed by atoms with E-state index in [-0.39, 0.29) is 11.6 Å². The summed E-state index contributed by atoms with van der Waals surface area (Å²) in [5, 5.41) is 0.784. The summed E-state index contributed by atoms with van der Waals surface area (Å²) < 4.78 is 0.886. The fourth-order valence-electron chi connectivity index (χ4n) is 1.92. The Morgan fingerprint density at radius 3 is 2.62 bits per heavy atom. The molecule has 1 aliphatic carbocycles. The van der Waals surface area contributed by atoms with Crippen molar-refractivity contribution >= 4 is 38.4 Å². The molecule has 0 spiro atoms. The third kappa shape index (κ3) is 1.20. The number of carbonyl (C=O) groups excluding carboxylic acids is 2. The molecular formula is C12H6BrNO2. The monoisotopic (exact) mass is 275 g/mol. The average Bonchev–Trinajstić information content (AvgIpc) is 2.63. The lowest BCUT2D eigenvalue weighted by Gasteiger charge is -2.02. The summed E-state index contributed by atoms with van der Waals surface area (Å²) in [6.07, 6.45) is 2.62. The number of H-pyrrole nitrogens is 1. The van der Waals surface area contributed by atoms with Gasteiger partial charge >= 0.3 is 0 Å². The Kier molecular flexibility index (Phi) is 1.88. The number of aromatic nitrogens is 1. The third-order valence-corrected chi connectivity index (χ3v) is 3.13.